The summed E-state index contributed by atoms with van der Waals surface area (Å²) in [6.45, 7) is 9.61. The summed E-state index contributed by atoms with van der Waals surface area (Å²) in [6.07, 6.45) is 6.89. The maximum absolute atomic E-state index is 5.90. The second kappa shape index (κ2) is 11.0. The number of nitrogens with zero attached hydrogens (tertiary/aromatic N) is 1. The van der Waals surface area contributed by atoms with E-state index in [1.54, 1.807) is 0 Å². The largest absolute Gasteiger partial charge is 0.496 e. The average molecular weight is 359 g/mol. The quantitative estimate of drug-likeness (QED) is 0.381. The van der Waals surface area contributed by atoms with E-state index < -0.39 is 0 Å². The Hall–Kier alpha value is -1.81. The van der Waals surface area contributed by atoms with Gasteiger partial charge in [0.25, 0.3) is 0 Å². The predicted octanol–water partition coefficient (Wildman–Crippen LogP) is 5.06. The Labute approximate surface area is 158 Å². The minimum absolute atomic E-state index is 0.200. The smallest absolute Gasteiger partial charge is 0.0951 e. The van der Waals surface area contributed by atoms with Crippen LogP contribution in [0.3, 0.4) is 0 Å². The van der Waals surface area contributed by atoms with Crippen LogP contribution in [0, 0.1) is 5.92 Å². The number of hydrogen-bond acceptors (Lipinski definition) is 4. The number of benzene rings is 1. The SMILES string of the molecule is C/C(=C\C(C)=N\N[C@H]1CC[C@H](COCc2ccccc2)CC1)OC(C)C. The minimum atomic E-state index is 0.200. The third-order valence-electron chi connectivity index (χ3n) is 4.57. The highest BCUT2D eigenvalue weighted by Gasteiger charge is 2.20. The van der Waals surface area contributed by atoms with Gasteiger partial charge in [-0.25, -0.2) is 0 Å². The second-order valence-electron chi connectivity index (χ2n) is 7.52. The molecule has 0 radical (unpaired) electrons. The molecule has 0 heterocycles. The highest BCUT2D eigenvalue weighted by atomic mass is 16.5. The molecule has 1 aliphatic carbocycles. The van der Waals surface area contributed by atoms with Gasteiger partial charge < -0.3 is 14.9 Å². The Bertz CT molecular complexity index is 573. The van der Waals surface area contributed by atoms with Gasteiger partial charge in [0.05, 0.1) is 24.2 Å². The van der Waals surface area contributed by atoms with Crippen LogP contribution >= 0.6 is 0 Å². The zero-order valence-corrected chi connectivity index (χ0v) is 16.7. The van der Waals surface area contributed by atoms with Crippen molar-refractivity contribution in [2.45, 2.75) is 72.1 Å². The van der Waals surface area contributed by atoms with Crippen LogP contribution in [0.1, 0.15) is 58.9 Å². The Morgan fingerprint density at radius 2 is 1.85 bits per heavy atom. The van der Waals surface area contributed by atoms with Crippen molar-refractivity contribution in [2.75, 3.05) is 6.61 Å². The summed E-state index contributed by atoms with van der Waals surface area (Å²) in [5.41, 5.74) is 5.53. The molecule has 0 amide bonds. The maximum Gasteiger partial charge on any atom is 0.0951 e. The molecule has 0 bridgehead atoms. The summed E-state index contributed by atoms with van der Waals surface area (Å²) in [4.78, 5) is 0. The van der Waals surface area contributed by atoms with Crippen molar-refractivity contribution < 1.29 is 9.47 Å². The van der Waals surface area contributed by atoms with Gasteiger partial charge in [-0.3, -0.25) is 0 Å². The van der Waals surface area contributed by atoms with Crippen LogP contribution in [0.5, 0.6) is 0 Å². The number of hydrogen-bond donors (Lipinski definition) is 1. The van der Waals surface area contributed by atoms with Crippen LogP contribution in [0.15, 0.2) is 47.3 Å². The topological polar surface area (TPSA) is 42.9 Å². The molecule has 0 atom stereocenters. The van der Waals surface area contributed by atoms with E-state index >= 15 is 0 Å². The lowest BCUT2D eigenvalue weighted by Crippen LogP contribution is -2.31. The molecule has 2 rings (SSSR count). The fourth-order valence-corrected chi connectivity index (χ4v) is 3.30. The molecule has 1 fully saturated rings. The Kier molecular flexibility index (Phi) is 8.69. The summed E-state index contributed by atoms with van der Waals surface area (Å²) >= 11 is 0. The molecular weight excluding hydrogens is 324 g/mol. The van der Waals surface area contributed by atoms with E-state index in [1.165, 1.54) is 18.4 Å². The van der Waals surface area contributed by atoms with Crippen molar-refractivity contribution in [3.05, 3.63) is 47.7 Å². The summed E-state index contributed by atoms with van der Waals surface area (Å²) in [6, 6.07) is 10.9. The molecule has 0 aromatic heterocycles. The van der Waals surface area contributed by atoms with Crippen molar-refractivity contribution in [1.82, 2.24) is 5.43 Å². The number of ether oxygens (including phenoxy) is 2. The van der Waals surface area contributed by atoms with E-state index in [0.717, 1.165) is 30.9 Å². The van der Waals surface area contributed by atoms with Gasteiger partial charge in [0.2, 0.25) is 0 Å². The first kappa shape index (κ1) is 20.5. The first-order valence-corrected chi connectivity index (χ1v) is 9.79. The van der Waals surface area contributed by atoms with Crippen LogP contribution in [-0.2, 0) is 16.1 Å². The lowest BCUT2D eigenvalue weighted by atomic mass is 9.87. The predicted molar refractivity (Wildman–Crippen MR) is 108 cm³/mol. The third kappa shape index (κ3) is 8.05. The van der Waals surface area contributed by atoms with Crippen LogP contribution in [-0.4, -0.2) is 24.5 Å². The first-order valence-electron chi connectivity index (χ1n) is 9.79. The summed E-state index contributed by atoms with van der Waals surface area (Å²) < 4.78 is 11.5. The van der Waals surface area contributed by atoms with E-state index in [9.17, 15) is 0 Å². The molecule has 1 aliphatic rings. The zero-order valence-electron chi connectivity index (χ0n) is 16.7. The van der Waals surface area contributed by atoms with Gasteiger partial charge in [-0.1, -0.05) is 30.3 Å². The average Bonchev–Trinajstić information content (AvgIpc) is 2.61. The number of nitrogens with one attached hydrogen (secondary N) is 1. The van der Waals surface area contributed by atoms with E-state index in [0.29, 0.717) is 18.6 Å². The fraction of sp³-hybridized carbons (Fsp3) is 0.591. The fourth-order valence-electron chi connectivity index (χ4n) is 3.30. The summed E-state index contributed by atoms with van der Waals surface area (Å²) in [5.74, 6) is 1.57. The molecule has 144 valence electrons. The van der Waals surface area contributed by atoms with Crippen LogP contribution < -0.4 is 5.43 Å². The Morgan fingerprint density at radius 1 is 1.15 bits per heavy atom. The van der Waals surface area contributed by atoms with Gasteiger partial charge in [-0.2, -0.15) is 5.10 Å². The lowest BCUT2D eigenvalue weighted by molar-refractivity contribution is 0.0700. The second-order valence-corrected chi connectivity index (χ2v) is 7.52. The standard InChI is InChI=1S/C22H34N2O2/c1-17(2)26-19(4)14-18(3)23-24-22-12-10-21(11-13-22)16-25-15-20-8-6-5-7-9-20/h5-9,14,17,21-22,24H,10-13,15-16H2,1-4H3/b19-14+,23-18+/t21-,22-. The van der Waals surface area contributed by atoms with Gasteiger partial charge in [0.15, 0.2) is 0 Å². The molecule has 4 nitrogen and oxygen atoms in total. The first-order chi connectivity index (χ1) is 12.5. The van der Waals surface area contributed by atoms with Gasteiger partial charge >= 0.3 is 0 Å². The lowest BCUT2D eigenvalue weighted by Gasteiger charge is -2.28. The molecule has 1 saturated carbocycles. The van der Waals surface area contributed by atoms with Gasteiger partial charge in [-0.15, -0.1) is 0 Å². The molecule has 1 aromatic carbocycles. The van der Waals surface area contributed by atoms with E-state index in [1.807, 2.05) is 39.8 Å². The molecule has 1 N–H and O–H groups in total. The van der Waals surface area contributed by atoms with Gasteiger partial charge in [-0.05, 0) is 70.9 Å². The highest BCUT2D eigenvalue weighted by Crippen LogP contribution is 2.24. The highest BCUT2D eigenvalue weighted by molar-refractivity contribution is 5.92. The molecule has 0 spiro atoms. The van der Waals surface area contributed by atoms with E-state index in [4.69, 9.17) is 9.47 Å². The van der Waals surface area contributed by atoms with Crippen LogP contribution in [0.2, 0.25) is 0 Å². The number of rotatable bonds is 9. The van der Waals surface area contributed by atoms with Crippen molar-refractivity contribution in [3.63, 3.8) is 0 Å². The molecule has 0 saturated heterocycles. The minimum Gasteiger partial charge on any atom is -0.496 e. The number of hydrazone groups is 1. The third-order valence-corrected chi connectivity index (χ3v) is 4.57. The summed E-state index contributed by atoms with van der Waals surface area (Å²) in [7, 11) is 0. The van der Waals surface area contributed by atoms with Crippen LogP contribution in [0.25, 0.3) is 0 Å². The normalized spacial score (nSPS) is 21.7. The Morgan fingerprint density at radius 3 is 2.50 bits per heavy atom. The zero-order chi connectivity index (χ0) is 18.8. The van der Waals surface area contributed by atoms with Crippen LogP contribution in [0.4, 0.5) is 0 Å². The van der Waals surface area contributed by atoms with Gasteiger partial charge in [0.1, 0.15) is 0 Å². The maximum atomic E-state index is 5.90. The van der Waals surface area contributed by atoms with Crippen molar-refractivity contribution in [1.29, 1.82) is 0 Å². The van der Waals surface area contributed by atoms with Crippen molar-refractivity contribution in [2.24, 2.45) is 11.0 Å². The molecule has 4 heteroatoms. The van der Waals surface area contributed by atoms with Crippen molar-refractivity contribution in [3.8, 4) is 0 Å². The van der Waals surface area contributed by atoms with Gasteiger partial charge in [0, 0.05) is 12.6 Å². The monoisotopic (exact) mass is 358 g/mol. The molecular formula is C22H34N2O2. The number of allylic oxidation sites excluding steroid dienone is 2. The molecule has 1 aromatic rings. The Balaban J connectivity index is 1.64. The molecule has 0 aliphatic heterocycles. The van der Waals surface area contributed by atoms with E-state index in [-0.39, 0.29) is 6.10 Å². The summed E-state index contributed by atoms with van der Waals surface area (Å²) in [5, 5.41) is 4.50. The van der Waals surface area contributed by atoms with Crippen molar-refractivity contribution >= 4 is 5.71 Å². The molecule has 0 unspecified atom stereocenters. The van der Waals surface area contributed by atoms with E-state index in [2.05, 4.69) is 34.8 Å². The molecule has 26 heavy (non-hydrogen) atoms.